The van der Waals surface area contributed by atoms with Crippen molar-refractivity contribution in [3.8, 4) is 0 Å². The summed E-state index contributed by atoms with van der Waals surface area (Å²) in [5, 5.41) is 7.00. The monoisotopic (exact) mass is 402 g/mol. The van der Waals surface area contributed by atoms with Crippen LogP contribution in [0.4, 0.5) is 19.1 Å². The van der Waals surface area contributed by atoms with E-state index < -0.39 is 18.0 Å². The van der Waals surface area contributed by atoms with Crippen molar-refractivity contribution < 1.29 is 18.0 Å². The zero-order valence-corrected chi connectivity index (χ0v) is 14.7. The van der Waals surface area contributed by atoms with Crippen molar-refractivity contribution in [3.05, 3.63) is 81.6 Å². The minimum Gasteiger partial charge on any atom is -0.323 e. The third-order valence-electron chi connectivity index (χ3n) is 4.78. The van der Waals surface area contributed by atoms with Crippen molar-refractivity contribution in [2.24, 2.45) is 0 Å². The molecule has 9 heteroatoms. The van der Waals surface area contributed by atoms with Crippen LogP contribution in [0.3, 0.4) is 0 Å². The summed E-state index contributed by atoms with van der Waals surface area (Å²) < 4.78 is 40.7. The average molecular weight is 403 g/mol. The van der Waals surface area contributed by atoms with Crippen molar-refractivity contribution in [1.29, 1.82) is 0 Å². The Bertz CT molecular complexity index is 1160. The topological polar surface area (TPSA) is 59.8 Å². The van der Waals surface area contributed by atoms with Gasteiger partial charge in [-0.2, -0.15) is 18.2 Å². The van der Waals surface area contributed by atoms with E-state index in [-0.39, 0.29) is 11.7 Å². The van der Waals surface area contributed by atoms with Gasteiger partial charge >= 0.3 is 6.18 Å². The summed E-state index contributed by atoms with van der Waals surface area (Å²) in [6.45, 7) is 0. The maximum absolute atomic E-state index is 13.2. The van der Waals surface area contributed by atoms with Crippen LogP contribution in [-0.2, 0) is 6.18 Å². The lowest BCUT2D eigenvalue weighted by Crippen LogP contribution is -2.25. The molecule has 0 spiro atoms. The maximum atomic E-state index is 13.2. The number of aromatic nitrogens is 3. The minimum atomic E-state index is -4.71. The molecule has 1 aliphatic heterocycles. The van der Waals surface area contributed by atoms with Crippen molar-refractivity contribution in [2.75, 3.05) is 5.32 Å². The fraction of sp³-hybridized carbons (Fsp3) is 0.105. The number of halogens is 4. The van der Waals surface area contributed by atoms with Gasteiger partial charge in [-0.05, 0) is 17.7 Å². The number of benzene rings is 2. The van der Waals surface area contributed by atoms with Crippen LogP contribution in [0.15, 0.2) is 54.1 Å². The van der Waals surface area contributed by atoms with Gasteiger partial charge in [-0.3, -0.25) is 4.79 Å². The Balaban J connectivity index is 1.75. The average Bonchev–Trinajstić information content (AvgIpc) is 3.22. The second-order valence-electron chi connectivity index (χ2n) is 6.44. The van der Waals surface area contributed by atoms with E-state index in [1.807, 2.05) is 0 Å². The zero-order chi connectivity index (χ0) is 19.6. The van der Waals surface area contributed by atoms with E-state index in [4.69, 9.17) is 11.6 Å². The molecule has 2 aliphatic rings. The highest BCUT2D eigenvalue weighted by Crippen LogP contribution is 2.45. The van der Waals surface area contributed by atoms with Gasteiger partial charge in [0.05, 0.1) is 11.3 Å². The minimum absolute atomic E-state index is 0.0736. The first kappa shape index (κ1) is 17.0. The first-order chi connectivity index (χ1) is 13.3. The van der Waals surface area contributed by atoms with Crippen LogP contribution in [0.1, 0.15) is 33.4 Å². The van der Waals surface area contributed by atoms with Crippen LogP contribution in [0.5, 0.6) is 0 Å². The normalized spacial score (nSPS) is 17.9. The molecule has 1 aliphatic carbocycles. The number of nitrogens with zero attached hydrogens (tertiary/aromatic N) is 3. The third kappa shape index (κ3) is 2.37. The predicted molar refractivity (Wildman–Crippen MR) is 95.9 cm³/mol. The Hall–Kier alpha value is -3.13. The molecule has 5 rings (SSSR count). The van der Waals surface area contributed by atoms with E-state index in [0.29, 0.717) is 33.0 Å². The van der Waals surface area contributed by atoms with E-state index in [1.54, 1.807) is 48.5 Å². The molecular weight excluding hydrogens is 393 g/mol. The fourth-order valence-corrected chi connectivity index (χ4v) is 3.72. The Morgan fingerprint density at radius 3 is 2.39 bits per heavy atom. The molecule has 2 heterocycles. The zero-order valence-electron chi connectivity index (χ0n) is 14.0. The lowest BCUT2D eigenvalue weighted by Gasteiger charge is -2.26. The molecule has 28 heavy (non-hydrogen) atoms. The molecule has 0 radical (unpaired) electrons. The largest absolute Gasteiger partial charge is 0.453 e. The Morgan fingerprint density at radius 1 is 1.04 bits per heavy atom. The lowest BCUT2D eigenvalue weighted by molar-refractivity contribution is -0.145. The van der Waals surface area contributed by atoms with Gasteiger partial charge in [0.1, 0.15) is 6.04 Å². The molecule has 1 atom stereocenters. The standard InChI is InChI=1S/C19H10ClF3N4O/c20-10-7-5-9(6-8-10)15-13-14(11-3-1-2-4-12(11)16(13)28)24-18-25-17(19(21,22)23)26-27(15)18/h1-8,15H,(H,24,25,26). The predicted octanol–water partition coefficient (Wildman–Crippen LogP) is 4.57. The lowest BCUT2D eigenvalue weighted by atomic mass is 9.94. The summed E-state index contributed by atoms with van der Waals surface area (Å²) in [5.41, 5.74) is 2.48. The Morgan fingerprint density at radius 2 is 1.71 bits per heavy atom. The second kappa shape index (κ2) is 5.68. The van der Waals surface area contributed by atoms with Crippen molar-refractivity contribution in [1.82, 2.24) is 14.8 Å². The molecule has 140 valence electrons. The number of fused-ring (bicyclic) bond motifs is 3. The molecule has 0 amide bonds. The number of carbonyl (C=O) groups excluding carboxylic acids is 1. The quantitative estimate of drug-likeness (QED) is 0.647. The molecule has 0 fully saturated rings. The van der Waals surface area contributed by atoms with E-state index >= 15 is 0 Å². The maximum Gasteiger partial charge on any atom is 0.453 e. The van der Waals surface area contributed by atoms with Crippen LogP contribution in [0.25, 0.3) is 5.70 Å². The molecule has 1 unspecified atom stereocenters. The third-order valence-corrected chi connectivity index (χ3v) is 5.03. The van der Waals surface area contributed by atoms with Crippen LogP contribution in [-0.4, -0.2) is 20.5 Å². The van der Waals surface area contributed by atoms with Crippen molar-refractivity contribution in [2.45, 2.75) is 12.2 Å². The molecule has 3 aromatic rings. The molecule has 1 N–H and O–H groups in total. The molecular formula is C19H10ClF3N4O. The van der Waals surface area contributed by atoms with Gasteiger partial charge in [-0.1, -0.05) is 48.0 Å². The summed E-state index contributed by atoms with van der Waals surface area (Å²) in [4.78, 5) is 16.7. The van der Waals surface area contributed by atoms with Gasteiger partial charge in [0.2, 0.25) is 5.95 Å². The van der Waals surface area contributed by atoms with Gasteiger partial charge in [0.25, 0.3) is 5.82 Å². The fourth-order valence-electron chi connectivity index (χ4n) is 3.59. The van der Waals surface area contributed by atoms with E-state index in [2.05, 4.69) is 15.4 Å². The first-order valence-electron chi connectivity index (χ1n) is 8.29. The van der Waals surface area contributed by atoms with E-state index in [0.717, 1.165) is 4.68 Å². The first-order valence-corrected chi connectivity index (χ1v) is 8.67. The molecule has 1 aromatic heterocycles. The van der Waals surface area contributed by atoms with Crippen LogP contribution < -0.4 is 5.32 Å². The molecule has 0 saturated carbocycles. The van der Waals surface area contributed by atoms with Crippen molar-refractivity contribution in [3.63, 3.8) is 0 Å². The summed E-state index contributed by atoms with van der Waals surface area (Å²) >= 11 is 5.95. The molecule has 0 bridgehead atoms. The number of carbonyl (C=O) groups is 1. The molecule has 5 nitrogen and oxygen atoms in total. The van der Waals surface area contributed by atoms with Crippen molar-refractivity contribution >= 4 is 29.0 Å². The number of Topliss-reactive ketones (excluding diaryl/α,β-unsaturated/α-hetero) is 1. The highest BCUT2D eigenvalue weighted by atomic mass is 35.5. The number of allylic oxidation sites excluding steroid dienone is 1. The van der Waals surface area contributed by atoms with Gasteiger partial charge in [-0.15, -0.1) is 5.10 Å². The molecule has 0 saturated heterocycles. The van der Waals surface area contributed by atoms with Gasteiger partial charge in [-0.25, -0.2) is 4.68 Å². The number of alkyl halides is 3. The second-order valence-corrected chi connectivity index (χ2v) is 6.88. The van der Waals surface area contributed by atoms with E-state index in [9.17, 15) is 18.0 Å². The summed E-state index contributed by atoms with van der Waals surface area (Å²) in [6, 6.07) is 12.7. The summed E-state index contributed by atoms with van der Waals surface area (Å²) in [5.74, 6) is -1.60. The van der Waals surface area contributed by atoms with Crippen LogP contribution in [0.2, 0.25) is 5.02 Å². The highest BCUT2D eigenvalue weighted by Gasteiger charge is 2.44. The number of rotatable bonds is 1. The summed E-state index contributed by atoms with van der Waals surface area (Å²) in [6.07, 6.45) is -4.71. The van der Waals surface area contributed by atoms with Gasteiger partial charge in [0, 0.05) is 16.1 Å². The number of nitrogens with one attached hydrogen (secondary N) is 1. The number of hydrogen-bond donors (Lipinski definition) is 1. The number of anilines is 1. The summed E-state index contributed by atoms with van der Waals surface area (Å²) in [7, 11) is 0. The SMILES string of the molecule is O=C1C2=C(Nc3nc(C(F)(F)F)nn3C2c2ccc(Cl)cc2)c2ccccc21. The highest BCUT2D eigenvalue weighted by molar-refractivity contribution is 6.30. The van der Waals surface area contributed by atoms with Gasteiger partial charge in [0.15, 0.2) is 5.78 Å². The number of hydrogen-bond acceptors (Lipinski definition) is 4. The van der Waals surface area contributed by atoms with E-state index in [1.165, 1.54) is 0 Å². The molecule has 2 aromatic carbocycles. The van der Waals surface area contributed by atoms with Gasteiger partial charge < -0.3 is 5.32 Å². The smallest absolute Gasteiger partial charge is 0.323 e. The van der Waals surface area contributed by atoms with Crippen LogP contribution in [0, 0.1) is 0 Å². The Labute approximate surface area is 161 Å². The number of ketones is 1. The van der Waals surface area contributed by atoms with Crippen LogP contribution >= 0.6 is 11.6 Å². The Kier molecular flexibility index (Phi) is 3.45.